The second-order valence-electron chi connectivity index (χ2n) is 10.9. The Morgan fingerprint density at radius 3 is 2.38 bits per heavy atom. The van der Waals surface area contributed by atoms with Crippen LogP contribution in [0.25, 0.3) is 0 Å². The number of furan rings is 1. The van der Waals surface area contributed by atoms with Gasteiger partial charge in [-0.25, -0.2) is 4.79 Å². The first-order valence-electron chi connectivity index (χ1n) is 15.1. The average molecular weight is 603 g/mol. The van der Waals surface area contributed by atoms with Crippen LogP contribution in [-0.2, 0) is 22.5 Å². The Kier molecular flexibility index (Phi) is 10.7. The van der Waals surface area contributed by atoms with Crippen molar-refractivity contribution in [1.29, 1.82) is 0 Å². The number of nitrogens with one attached hydrogen (secondary N) is 1. The quantitative estimate of drug-likeness (QED) is 0.0755. The third-order valence-electron chi connectivity index (χ3n) is 7.52. The molecule has 5 aromatic rings. The normalized spacial score (nSPS) is 11.4. The predicted molar refractivity (Wildman–Crippen MR) is 177 cm³/mol. The van der Waals surface area contributed by atoms with Gasteiger partial charge in [0.25, 0.3) is 0 Å². The summed E-state index contributed by atoms with van der Waals surface area (Å²) in [4.78, 5) is 28.3. The molecule has 0 radical (unpaired) electrons. The molecule has 0 amide bonds. The summed E-state index contributed by atoms with van der Waals surface area (Å²) in [6.45, 7) is 4.14. The largest absolute Gasteiger partial charge is 0.494 e. The van der Waals surface area contributed by atoms with E-state index in [1.54, 1.807) is 30.5 Å². The van der Waals surface area contributed by atoms with E-state index in [2.05, 4.69) is 41.4 Å². The standard InChI is InChI=1S/C38H38N2O5/c1-28-11-8-14-31(25-28)40(27-33-15-9-23-45-33)22-10-24-44-32-20-18-29(19-21-32)26-36(38(42)43-2)39-35-17-7-6-16-34(35)37(41)30-12-4-3-5-13-30/h3-9,11-21,23,25,36,39H,10,22,24,26-27H2,1-2H3. The average Bonchev–Trinajstić information content (AvgIpc) is 3.60. The highest BCUT2D eigenvalue weighted by Gasteiger charge is 2.22. The molecule has 0 aliphatic carbocycles. The van der Waals surface area contributed by atoms with Crippen molar-refractivity contribution in [2.45, 2.75) is 32.4 Å². The van der Waals surface area contributed by atoms with Crippen molar-refractivity contribution in [3.05, 3.63) is 150 Å². The number of ketones is 1. The second-order valence-corrected chi connectivity index (χ2v) is 10.9. The van der Waals surface area contributed by atoms with Gasteiger partial charge in [0.05, 0.1) is 26.5 Å². The van der Waals surface area contributed by atoms with Crippen LogP contribution in [0.2, 0.25) is 0 Å². The van der Waals surface area contributed by atoms with E-state index in [0.717, 1.165) is 35.7 Å². The van der Waals surface area contributed by atoms with Crippen LogP contribution in [-0.4, -0.2) is 38.1 Å². The summed E-state index contributed by atoms with van der Waals surface area (Å²) in [5.74, 6) is 1.14. The van der Waals surface area contributed by atoms with Crippen LogP contribution in [0.3, 0.4) is 0 Å². The minimum atomic E-state index is -0.687. The van der Waals surface area contributed by atoms with Gasteiger partial charge in [-0.2, -0.15) is 0 Å². The predicted octanol–water partition coefficient (Wildman–Crippen LogP) is 7.49. The number of anilines is 2. The molecule has 1 atom stereocenters. The fourth-order valence-corrected chi connectivity index (χ4v) is 5.19. The van der Waals surface area contributed by atoms with Gasteiger partial charge in [-0.15, -0.1) is 0 Å². The Morgan fingerprint density at radius 1 is 0.867 bits per heavy atom. The van der Waals surface area contributed by atoms with Gasteiger partial charge in [0.2, 0.25) is 0 Å². The summed E-state index contributed by atoms with van der Waals surface area (Å²) in [5.41, 5.74) is 4.94. The van der Waals surface area contributed by atoms with Crippen LogP contribution < -0.4 is 15.0 Å². The summed E-state index contributed by atoms with van der Waals surface area (Å²) in [5, 5.41) is 3.26. The lowest BCUT2D eigenvalue weighted by molar-refractivity contribution is -0.141. The monoisotopic (exact) mass is 602 g/mol. The maximum Gasteiger partial charge on any atom is 0.328 e. The number of esters is 1. The zero-order valence-corrected chi connectivity index (χ0v) is 25.6. The first kappa shape index (κ1) is 31.1. The summed E-state index contributed by atoms with van der Waals surface area (Å²) < 4.78 is 16.8. The molecule has 7 heteroatoms. The van der Waals surface area contributed by atoms with Crippen molar-refractivity contribution >= 4 is 23.1 Å². The molecule has 0 spiro atoms. The molecule has 45 heavy (non-hydrogen) atoms. The lowest BCUT2D eigenvalue weighted by atomic mass is 10.00. The topological polar surface area (TPSA) is 81.0 Å². The molecular formula is C38H38N2O5. The highest BCUT2D eigenvalue weighted by atomic mass is 16.5. The van der Waals surface area contributed by atoms with Crippen molar-refractivity contribution in [3.63, 3.8) is 0 Å². The fraction of sp³-hybridized carbons (Fsp3) is 0.211. The fourth-order valence-electron chi connectivity index (χ4n) is 5.19. The molecule has 7 nitrogen and oxygen atoms in total. The van der Waals surface area contributed by atoms with Crippen molar-refractivity contribution in [2.75, 3.05) is 30.5 Å². The molecule has 0 aliphatic heterocycles. The highest BCUT2D eigenvalue weighted by molar-refractivity contribution is 6.12. The van der Waals surface area contributed by atoms with Crippen LogP contribution in [0.4, 0.5) is 11.4 Å². The molecule has 230 valence electrons. The van der Waals surface area contributed by atoms with Crippen molar-refractivity contribution in [1.82, 2.24) is 0 Å². The number of methoxy groups -OCH3 is 1. The maximum absolute atomic E-state index is 13.2. The SMILES string of the molecule is COC(=O)C(Cc1ccc(OCCCN(Cc2ccco2)c2cccc(C)c2)cc1)Nc1ccccc1C(=O)c1ccccc1. The number of hydrogen-bond donors (Lipinski definition) is 1. The van der Waals surface area contributed by atoms with Gasteiger partial charge in [-0.1, -0.05) is 66.7 Å². The summed E-state index contributed by atoms with van der Waals surface area (Å²) >= 11 is 0. The number of nitrogens with zero attached hydrogens (tertiary/aromatic N) is 1. The Hall–Kier alpha value is -5.30. The van der Waals surface area contributed by atoms with Gasteiger partial charge in [0, 0.05) is 35.5 Å². The molecule has 0 aliphatic rings. The van der Waals surface area contributed by atoms with Gasteiger partial charge >= 0.3 is 5.97 Å². The lowest BCUT2D eigenvalue weighted by Crippen LogP contribution is -2.33. The molecule has 1 unspecified atom stereocenters. The zero-order chi connectivity index (χ0) is 31.4. The molecule has 4 aromatic carbocycles. The zero-order valence-electron chi connectivity index (χ0n) is 25.6. The van der Waals surface area contributed by atoms with E-state index in [1.807, 2.05) is 66.7 Å². The molecule has 1 heterocycles. The van der Waals surface area contributed by atoms with E-state index in [4.69, 9.17) is 13.9 Å². The first-order chi connectivity index (χ1) is 22.0. The number of benzene rings is 4. The van der Waals surface area contributed by atoms with E-state index in [1.165, 1.54) is 12.7 Å². The first-order valence-corrected chi connectivity index (χ1v) is 15.1. The Balaban J connectivity index is 1.18. The molecule has 1 N–H and O–H groups in total. The summed E-state index contributed by atoms with van der Waals surface area (Å²) in [6, 6.07) is 35.7. The van der Waals surface area contributed by atoms with Gasteiger partial charge in [-0.05, 0) is 73.0 Å². The number of rotatable bonds is 15. The number of hydrogen-bond acceptors (Lipinski definition) is 7. The second kappa shape index (κ2) is 15.4. The van der Waals surface area contributed by atoms with Crippen LogP contribution in [0.1, 0.15) is 39.2 Å². The van der Waals surface area contributed by atoms with Gasteiger partial charge in [0.15, 0.2) is 5.78 Å². The summed E-state index contributed by atoms with van der Waals surface area (Å²) in [7, 11) is 1.36. The molecule has 5 rings (SSSR count). The minimum absolute atomic E-state index is 0.119. The van der Waals surface area contributed by atoms with E-state index >= 15 is 0 Å². The van der Waals surface area contributed by atoms with E-state index in [9.17, 15) is 9.59 Å². The number of carbonyl (C=O) groups is 2. The lowest BCUT2D eigenvalue weighted by Gasteiger charge is -2.24. The molecule has 0 fully saturated rings. The number of para-hydroxylation sites is 1. The van der Waals surface area contributed by atoms with Crippen LogP contribution in [0.5, 0.6) is 5.75 Å². The van der Waals surface area contributed by atoms with Crippen molar-refractivity contribution in [3.8, 4) is 5.75 Å². The van der Waals surface area contributed by atoms with Crippen molar-refractivity contribution in [2.24, 2.45) is 0 Å². The Morgan fingerprint density at radius 2 is 1.64 bits per heavy atom. The molecule has 0 saturated carbocycles. The van der Waals surface area contributed by atoms with Gasteiger partial charge in [0.1, 0.15) is 17.6 Å². The number of ether oxygens (including phenoxy) is 2. The molecular weight excluding hydrogens is 564 g/mol. The van der Waals surface area contributed by atoms with Gasteiger partial charge < -0.3 is 24.1 Å². The van der Waals surface area contributed by atoms with Crippen LogP contribution >= 0.6 is 0 Å². The van der Waals surface area contributed by atoms with Crippen molar-refractivity contribution < 1.29 is 23.5 Å². The highest BCUT2D eigenvalue weighted by Crippen LogP contribution is 2.23. The number of carbonyl (C=O) groups excluding carboxylic acids is 2. The molecule has 1 aromatic heterocycles. The third-order valence-corrected chi connectivity index (χ3v) is 7.52. The maximum atomic E-state index is 13.2. The van der Waals surface area contributed by atoms with E-state index < -0.39 is 12.0 Å². The number of aryl methyl sites for hydroxylation is 1. The Labute approximate surface area is 264 Å². The van der Waals surface area contributed by atoms with Gasteiger partial charge in [-0.3, -0.25) is 4.79 Å². The van der Waals surface area contributed by atoms with E-state index in [0.29, 0.717) is 36.4 Å². The minimum Gasteiger partial charge on any atom is -0.494 e. The Bertz CT molecular complexity index is 1670. The third kappa shape index (κ3) is 8.63. The molecule has 0 bridgehead atoms. The van der Waals surface area contributed by atoms with Crippen LogP contribution in [0, 0.1) is 6.92 Å². The summed E-state index contributed by atoms with van der Waals surface area (Å²) in [6.07, 6.45) is 2.90. The molecule has 0 saturated heterocycles. The van der Waals surface area contributed by atoms with Crippen LogP contribution in [0.15, 0.2) is 126 Å². The van der Waals surface area contributed by atoms with E-state index in [-0.39, 0.29) is 5.78 Å². The smallest absolute Gasteiger partial charge is 0.328 e.